The Hall–Kier alpha value is -3.12. The number of nitrogens with zero attached hydrogens (tertiary/aromatic N) is 2. The van der Waals surface area contributed by atoms with Gasteiger partial charge in [0.15, 0.2) is 0 Å². The molecule has 0 bridgehead atoms. The zero-order valence-electron chi connectivity index (χ0n) is 17.1. The van der Waals surface area contributed by atoms with Crippen molar-refractivity contribution >= 4 is 5.91 Å². The number of amides is 1. The van der Waals surface area contributed by atoms with E-state index < -0.39 is 0 Å². The van der Waals surface area contributed by atoms with Crippen LogP contribution in [0.2, 0.25) is 0 Å². The molecule has 0 saturated heterocycles. The number of rotatable bonds is 6. The highest BCUT2D eigenvalue weighted by Crippen LogP contribution is 2.27. The van der Waals surface area contributed by atoms with Crippen molar-refractivity contribution in [2.45, 2.75) is 31.8 Å². The number of nitrogens with one attached hydrogen (secondary N) is 1. The Morgan fingerprint density at radius 3 is 2.57 bits per heavy atom. The highest BCUT2D eigenvalue weighted by atomic mass is 16.5. The third-order valence-electron chi connectivity index (χ3n) is 5.74. The normalized spacial score (nSPS) is 18.7. The van der Waals surface area contributed by atoms with Gasteiger partial charge in [-0.1, -0.05) is 31.0 Å². The minimum absolute atomic E-state index is 0.108. The monoisotopic (exact) mass is 405 g/mol. The Labute approximate surface area is 176 Å². The number of carbonyl (C=O) groups is 1. The summed E-state index contributed by atoms with van der Waals surface area (Å²) in [5, 5.41) is 17.9. The summed E-state index contributed by atoms with van der Waals surface area (Å²) < 4.78 is 6.97. The van der Waals surface area contributed by atoms with E-state index in [9.17, 15) is 9.90 Å². The van der Waals surface area contributed by atoms with Gasteiger partial charge in [0.2, 0.25) is 0 Å². The highest BCUT2D eigenvalue weighted by molar-refractivity contribution is 6.00. The summed E-state index contributed by atoms with van der Waals surface area (Å²) in [6, 6.07) is 17.2. The zero-order valence-corrected chi connectivity index (χ0v) is 17.1. The van der Waals surface area contributed by atoms with Gasteiger partial charge >= 0.3 is 0 Å². The van der Waals surface area contributed by atoms with Crippen molar-refractivity contribution in [3.8, 4) is 22.7 Å². The number of para-hydroxylation sites is 1. The van der Waals surface area contributed by atoms with Gasteiger partial charge in [0.25, 0.3) is 5.91 Å². The lowest BCUT2D eigenvalue weighted by atomic mass is 9.86. The molecule has 1 fully saturated rings. The van der Waals surface area contributed by atoms with E-state index in [4.69, 9.17) is 9.84 Å². The molecule has 1 aromatic heterocycles. The molecule has 0 spiro atoms. The number of ether oxygens (including phenoxy) is 1. The van der Waals surface area contributed by atoms with E-state index in [1.165, 1.54) is 0 Å². The molecule has 1 aliphatic carbocycles. The molecule has 1 aliphatic rings. The predicted octanol–water partition coefficient (Wildman–Crippen LogP) is 3.83. The molecule has 0 aliphatic heterocycles. The van der Waals surface area contributed by atoms with E-state index in [0.717, 1.165) is 42.7 Å². The zero-order chi connectivity index (χ0) is 20.9. The van der Waals surface area contributed by atoms with Gasteiger partial charge < -0.3 is 15.2 Å². The third kappa shape index (κ3) is 4.39. The fourth-order valence-corrected chi connectivity index (χ4v) is 3.96. The van der Waals surface area contributed by atoms with E-state index in [1.54, 1.807) is 18.0 Å². The molecule has 0 radical (unpaired) electrons. The van der Waals surface area contributed by atoms with Crippen LogP contribution in [0.5, 0.6) is 5.75 Å². The van der Waals surface area contributed by atoms with Crippen molar-refractivity contribution in [2.24, 2.45) is 5.92 Å². The third-order valence-corrected chi connectivity index (χ3v) is 5.74. The van der Waals surface area contributed by atoms with Gasteiger partial charge in [-0.3, -0.25) is 4.79 Å². The van der Waals surface area contributed by atoms with Gasteiger partial charge in [0.1, 0.15) is 11.4 Å². The topological polar surface area (TPSA) is 76.4 Å². The van der Waals surface area contributed by atoms with Gasteiger partial charge in [0, 0.05) is 24.2 Å². The number of aliphatic hydroxyl groups is 1. The first-order chi connectivity index (χ1) is 14.7. The predicted molar refractivity (Wildman–Crippen MR) is 116 cm³/mol. The molecule has 4 rings (SSSR count). The Morgan fingerprint density at radius 2 is 1.87 bits per heavy atom. The molecule has 6 nitrogen and oxygen atoms in total. The number of benzene rings is 2. The van der Waals surface area contributed by atoms with Crippen molar-refractivity contribution in [3.05, 3.63) is 66.4 Å². The largest absolute Gasteiger partial charge is 0.497 e. The lowest BCUT2D eigenvalue weighted by Crippen LogP contribution is -2.36. The lowest BCUT2D eigenvalue weighted by molar-refractivity contribution is 0.0663. The highest BCUT2D eigenvalue weighted by Gasteiger charge is 2.25. The van der Waals surface area contributed by atoms with Gasteiger partial charge in [0.05, 0.1) is 24.5 Å². The molecule has 1 heterocycles. The van der Waals surface area contributed by atoms with Gasteiger partial charge in [-0.2, -0.15) is 5.10 Å². The number of hydrogen-bond acceptors (Lipinski definition) is 4. The Kier molecular flexibility index (Phi) is 6.14. The summed E-state index contributed by atoms with van der Waals surface area (Å²) >= 11 is 0. The Bertz CT molecular complexity index is 983. The van der Waals surface area contributed by atoms with Crippen LogP contribution in [-0.4, -0.2) is 40.6 Å². The van der Waals surface area contributed by atoms with E-state index in [2.05, 4.69) is 5.32 Å². The minimum Gasteiger partial charge on any atom is -0.497 e. The van der Waals surface area contributed by atoms with Crippen LogP contribution in [0.1, 0.15) is 36.0 Å². The van der Waals surface area contributed by atoms with E-state index in [-0.39, 0.29) is 17.9 Å². The fraction of sp³-hybridized carbons (Fsp3) is 0.333. The van der Waals surface area contributed by atoms with Crippen LogP contribution in [0.4, 0.5) is 0 Å². The fourth-order valence-electron chi connectivity index (χ4n) is 3.96. The van der Waals surface area contributed by atoms with E-state index >= 15 is 0 Å². The van der Waals surface area contributed by atoms with Gasteiger partial charge in [-0.15, -0.1) is 0 Å². The maximum atomic E-state index is 13.1. The number of aliphatic hydroxyl groups excluding tert-OH is 1. The smallest absolute Gasteiger partial charge is 0.255 e. The quantitative estimate of drug-likeness (QED) is 0.654. The first-order valence-corrected chi connectivity index (χ1v) is 10.4. The molecule has 3 aromatic rings. The molecule has 1 amide bonds. The molecular weight excluding hydrogens is 378 g/mol. The van der Waals surface area contributed by atoms with E-state index in [1.807, 2.05) is 54.6 Å². The SMILES string of the molecule is COc1ccc(-c2nn(-c3ccccc3)cc2C(=O)NC[C@H]2CCCC[C@H]2O)cc1. The number of aromatic nitrogens is 2. The average Bonchev–Trinajstić information content (AvgIpc) is 3.25. The summed E-state index contributed by atoms with van der Waals surface area (Å²) in [6.07, 6.45) is 5.32. The van der Waals surface area contributed by atoms with Crippen LogP contribution in [0, 0.1) is 5.92 Å². The maximum absolute atomic E-state index is 13.1. The molecular formula is C24H27N3O3. The van der Waals surface area contributed by atoms with Crippen molar-refractivity contribution in [2.75, 3.05) is 13.7 Å². The summed E-state index contributed by atoms with van der Waals surface area (Å²) in [5.74, 6) is 0.676. The van der Waals surface area contributed by atoms with Crippen molar-refractivity contribution in [1.29, 1.82) is 0 Å². The van der Waals surface area contributed by atoms with Crippen LogP contribution in [0.3, 0.4) is 0 Å². The van der Waals surface area contributed by atoms with Crippen molar-refractivity contribution in [3.63, 3.8) is 0 Å². The summed E-state index contributed by atoms with van der Waals surface area (Å²) in [5.41, 5.74) is 2.85. The summed E-state index contributed by atoms with van der Waals surface area (Å²) in [7, 11) is 1.62. The lowest BCUT2D eigenvalue weighted by Gasteiger charge is -2.27. The Balaban J connectivity index is 1.62. The summed E-state index contributed by atoms with van der Waals surface area (Å²) in [6.45, 7) is 0.471. The van der Waals surface area contributed by atoms with Crippen molar-refractivity contribution in [1.82, 2.24) is 15.1 Å². The molecule has 30 heavy (non-hydrogen) atoms. The van der Waals surface area contributed by atoms with Crippen LogP contribution in [-0.2, 0) is 0 Å². The van der Waals surface area contributed by atoms with E-state index in [0.29, 0.717) is 17.8 Å². The second-order valence-electron chi connectivity index (χ2n) is 7.72. The molecule has 2 aromatic carbocycles. The molecule has 1 saturated carbocycles. The average molecular weight is 405 g/mol. The van der Waals surface area contributed by atoms with Crippen molar-refractivity contribution < 1.29 is 14.6 Å². The number of carbonyl (C=O) groups excluding carboxylic acids is 1. The van der Waals surface area contributed by atoms with Crippen LogP contribution in [0.15, 0.2) is 60.8 Å². The molecule has 156 valence electrons. The number of hydrogen-bond donors (Lipinski definition) is 2. The molecule has 0 unspecified atom stereocenters. The first-order valence-electron chi connectivity index (χ1n) is 10.4. The Morgan fingerprint density at radius 1 is 1.13 bits per heavy atom. The van der Waals surface area contributed by atoms with Gasteiger partial charge in [-0.05, 0) is 49.2 Å². The second kappa shape index (κ2) is 9.13. The van der Waals surface area contributed by atoms with Crippen LogP contribution in [0.25, 0.3) is 16.9 Å². The van der Waals surface area contributed by atoms with Crippen LogP contribution >= 0.6 is 0 Å². The van der Waals surface area contributed by atoms with Crippen LogP contribution < -0.4 is 10.1 Å². The van der Waals surface area contributed by atoms with Gasteiger partial charge in [-0.25, -0.2) is 4.68 Å². The molecule has 6 heteroatoms. The summed E-state index contributed by atoms with van der Waals surface area (Å²) in [4.78, 5) is 13.1. The standard InChI is InChI=1S/C24H27N3O3/c1-30-20-13-11-17(12-14-20)23-21(16-27(26-23)19-8-3-2-4-9-19)24(29)25-15-18-7-5-6-10-22(18)28/h2-4,8-9,11-14,16,18,22,28H,5-7,10,15H2,1H3,(H,25,29)/t18-,22-/m1/s1. The molecule has 2 atom stereocenters. The molecule has 2 N–H and O–H groups in total. The minimum atomic E-state index is -0.341. The number of methoxy groups -OCH3 is 1. The first kappa shape index (κ1) is 20.2. The second-order valence-corrected chi connectivity index (χ2v) is 7.72. The maximum Gasteiger partial charge on any atom is 0.255 e.